The summed E-state index contributed by atoms with van der Waals surface area (Å²) in [6, 6.07) is 18.8. The number of piperazine rings is 2. The first kappa shape index (κ1) is 39.4. The minimum atomic E-state index is 0.221. The van der Waals surface area contributed by atoms with Gasteiger partial charge in [0.1, 0.15) is 17.8 Å². The van der Waals surface area contributed by atoms with Crippen LogP contribution in [0.3, 0.4) is 0 Å². The van der Waals surface area contributed by atoms with E-state index in [0.29, 0.717) is 40.8 Å². The molecule has 1 N–H and O–H groups in total. The topological polar surface area (TPSA) is 196 Å². The Morgan fingerprint density at radius 3 is 1.93 bits per heavy atom. The first-order valence-electron chi connectivity index (χ1n) is 19.5. The lowest BCUT2D eigenvalue weighted by atomic mass is 9.92. The second-order valence-electron chi connectivity index (χ2n) is 14.2. The maximum absolute atomic E-state index is 9.35. The number of rotatable bonds is 5. The Morgan fingerprint density at radius 1 is 0.707 bits per heavy atom. The van der Waals surface area contributed by atoms with Crippen molar-refractivity contribution in [1.82, 2.24) is 44.9 Å². The van der Waals surface area contributed by atoms with Gasteiger partial charge in [0.05, 0.1) is 29.7 Å². The van der Waals surface area contributed by atoms with E-state index in [2.05, 4.69) is 77.9 Å². The summed E-state index contributed by atoms with van der Waals surface area (Å²) in [7, 11) is 0. The third-order valence-electron chi connectivity index (χ3n) is 10.9. The summed E-state index contributed by atoms with van der Waals surface area (Å²) >= 11 is 0. The van der Waals surface area contributed by atoms with Crippen molar-refractivity contribution >= 4 is 17.9 Å². The average Bonchev–Trinajstić information content (AvgIpc) is 3.80. The van der Waals surface area contributed by atoms with Crippen LogP contribution in [0.4, 0.5) is 11.6 Å². The second kappa shape index (κ2) is 19.4. The van der Waals surface area contributed by atoms with E-state index >= 15 is 0 Å². The molecule has 9 heterocycles. The van der Waals surface area contributed by atoms with Crippen LogP contribution in [0.25, 0.3) is 11.4 Å². The Balaban J connectivity index is 0.000000152. The maximum Gasteiger partial charge on any atom is 0.183 e. The SMILES string of the molecule is C#C[C@H]1CCC[C@H]2CN(c3nccnc3C#N)CCN21.N#Cc1nccnc1N1CCN2[C@@H](CCC[C@@H]2c2cc(-c3ccccn3)no2)C1.O/N=C/c1ccccn1. The molecule has 4 atom stereocenters. The van der Waals surface area contributed by atoms with Crippen molar-refractivity contribution in [3.8, 4) is 35.9 Å². The number of pyridine rings is 2. The van der Waals surface area contributed by atoms with Crippen molar-refractivity contribution in [2.24, 2.45) is 5.16 Å². The fraction of sp³-hybridized carbons (Fsp3) is 0.381. The van der Waals surface area contributed by atoms with Crippen molar-refractivity contribution < 1.29 is 9.73 Å². The van der Waals surface area contributed by atoms with Crippen molar-refractivity contribution in [3.05, 3.63) is 102 Å². The van der Waals surface area contributed by atoms with Gasteiger partial charge in [-0.15, -0.1) is 6.42 Å². The smallest absolute Gasteiger partial charge is 0.183 e. The summed E-state index contributed by atoms with van der Waals surface area (Å²) in [5, 5.41) is 33.6. The summed E-state index contributed by atoms with van der Waals surface area (Å²) < 4.78 is 5.74. The molecule has 5 aromatic rings. The second-order valence-corrected chi connectivity index (χ2v) is 14.2. The highest BCUT2D eigenvalue weighted by Crippen LogP contribution is 2.38. The van der Waals surface area contributed by atoms with Crippen LogP contribution in [0.5, 0.6) is 0 Å². The van der Waals surface area contributed by atoms with Crippen molar-refractivity contribution in [1.29, 1.82) is 10.5 Å². The van der Waals surface area contributed by atoms with Crippen LogP contribution in [-0.4, -0.2) is 114 Å². The monoisotopic (exact) mass is 776 g/mol. The van der Waals surface area contributed by atoms with Gasteiger partial charge < -0.3 is 19.5 Å². The largest absolute Gasteiger partial charge is 0.411 e. The predicted octanol–water partition coefficient (Wildman–Crippen LogP) is 4.73. The van der Waals surface area contributed by atoms with Crippen LogP contribution >= 0.6 is 0 Å². The van der Waals surface area contributed by atoms with Gasteiger partial charge in [-0.05, 0) is 62.8 Å². The number of hydrogen-bond donors (Lipinski definition) is 1. The lowest BCUT2D eigenvalue weighted by Gasteiger charge is -2.47. The molecule has 16 heteroatoms. The highest BCUT2D eigenvalue weighted by molar-refractivity contribution is 5.75. The van der Waals surface area contributed by atoms with E-state index in [1.807, 2.05) is 30.3 Å². The molecule has 58 heavy (non-hydrogen) atoms. The molecule has 4 aliphatic heterocycles. The summed E-state index contributed by atoms with van der Waals surface area (Å²) in [5.41, 5.74) is 3.06. The molecule has 4 fully saturated rings. The van der Waals surface area contributed by atoms with Crippen LogP contribution in [0.2, 0.25) is 0 Å². The van der Waals surface area contributed by atoms with E-state index in [1.165, 1.54) is 12.6 Å². The molecular formula is C42H44N14O2. The highest BCUT2D eigenvalue weighted by atomic mass is 16.5. The van der Waals surface area contributed by atoms with Gasteiger partial charge >= 0.3 is 0 Å². The van der Waals surface area contributed by atoms with Crippen molar-refractivity contribution in [2.45, 2.75) is 62.7 Å². The predicted molar refractivity (Wildman–Crippen MR) is 215 cm³/mol. The Kier molecular flexibility index (Phi) is 13.2. The zero-order valence-electron chi connectivity index (χ0n) is 32.1. The molecule has 16 nitrogen and oxygen atoms in total. The van der Waals surface area contributed by atoms with E-state index in [9.17, 15) is 5.26 Å². The van der Waals surface area contributed by atoms with Crippen molar-refractivity contribution in [3.63, 3.8) is 0 Å². The third kappa shape index (κ3) is 9.24. The highest BCUT2D eigenvalue weighted by Gasteiger charge is 2.39. The lowest BCUT2D eigenvalue weighted by molar-refractivity contribution is 0.0558. The standard InChI is InChI=1S/C21H21N7O.C15H17N5.C6H6N2O/c22-13-18-21(25-9-8-24-18)27-10-11-28-15(14-27)4-3-6-19(28)20-12-17(26-29-20)16-5-1-2-7-23-16;1-2-12-4-3-5-13-11-19(8-9-20(12)13)15-14(10-16)17-6-7-18-15;9-8-5-6-3-1-2-4-7-6/h1-2,5,7-9,12,15,19H,3-4,6,10-11,14H2;1,6-7,12-13H,3-5,8-9,11H2;1-5,9H/b;;8-5+/t15-,19+;12-,13-;/m00./s1. The molecule has 0 amide bonds. The number of piperidine rings is 2. The molecule has 294 valence electrons. The van der Waals surface area contributed by atoms with Crippen molar-refractivity contribution in [2.75, 3.05) is 49.1 Å². The molecule has 0 aromatic carbocycles. The summed E-state index contributed by atoms with van der Waals surface area (Å²) in [6.45, 7) is 5.19. The third-order valence-corrected chi connectivity index (χ3v) is 10.9. The van der Waals surface area contributed by atoms with E-state index in [1.54, 1.807) is 49.3 Å². The van der Waals surface area contributed by atoms with Crippen LogP contribution in [-0.2, 0) is 0 Å². The van der Waals surface area contributed by atoms with Gasteiger partial charge in [0, 0.05) is 94.6 Å². The molecule has 5 aromatic heterocycles. The van der Waals surface area contributed by atoms with Gasteiger partial charge in [0.15, 0.2) is 28.8 Å². The van der Waals surface area contributed by atoms with Crippen LogP contribution in [0.1, 0.15) is 67.4 Å². The lowest BCUT2D eigenvalue weighted by Crippen LogP contribution is -2.58. The summed E-state index contributed by atoms with van der Waals surface area (Å²) in [6.07, 6.45) is 23.5. The fourth-order valence-electron chi connectivity index (χ4n) is 8.24. The quantitative estimate of drug-likeness (QED) is 0.111. The zero-order valence-corrected chi connectivity index (χ0v) is 32.1. The molecule has 0 bridgehead atoms. The number of terminal acetylenes is 1. The van der Waals surface area contributed by atoms with Crippen LogP contribution < -0.4 is 9.80 Å². The molecule has 0 unspecified atom stereocenters. The maximum atomic E-state index is 9.35. The fourth-order valence-corrected chi connectivity index (χ4v) is 8.24. The van der Waals surface area contributed by atoms with E-state index < -0.39 is 0 Å². The molecule has 0 radical (unpaired) electrons. The van der Waals surface area contributed by atoms with Gasteiger partial charge in [-0.3, -0.25) is 19.8 Å². The molecule has 9 rings (SSSR count). The normalized spacial score (nSPS) is 21.7. The van der Waals surface area contributed by atoms with Crippen LogP contribution in [0, 0.1) is 35.0 Å². The van der Waals surface area contributed by atoms with Gasteiger partial charge in [-0.1, -0.05) is 28.4 Å². The number of nitrogens with zero attached hydrogens (tertiary/aromatic N) is 14. The van der Waals surface area contributed by atoms with Gasteiger partial charge in [0.2, 0.25) is 0 Å². The van der Waals surface area contributed by atoms with Gasteiger partial charge in [-0.25, -0.2) is 19.9 Å². The number of fused-ring (bicyclic) bond motifs is 2. The van der Waals surface area contributed by atoms with Crippen LogP contribution in [0.15, 0.2) is 89.3 Å². The average molecular weight is 777 g/mol. The Morgan fingerprint density at radius 2 is 1.33 bits per heavy atom. The Labute approximate surface area is 337 Å². The number of oxime groups is 1. The molecule has 0 spiro atoms. The van der Waals surface area contributed by atoms with Gasteiger partial charge in [-0.2, -0.15) is 10.5 Å². The molecule has 4 saturated heterocycles. The molecule has 4 aliphatic rings. The molecule has 0 aliphatic carbocycles. The minimum absolute atomic E-state index is 0.221. The van der Waals surface area contributed by atoms with Gasteiger partial charge in [0.25, 0.3) is 0 Å². The molecular weight excluding hydrogens is 733 g/mol. The van der Waals surface area contributed by atoms with E-state index in [-0.39, 0.29) is 12.1 Å². The summed E-state index contributed by atoms with van der Waals surface area (Å²) in [4.78, 5) is 34.5. The summed E-state index contributed by atoms with van der Waals surface area (Å²) in [5.74, 6) is 5.21. The number of anilines is 2. The van der Waals surface area contributed by atoms with E-state index in [4.69, 9.17) is 21.4 Å². The Bertz CT molecular complexity index is 2250. The minimum Gasteiger partial charge on any atom is -0.411 e. The first-order valence-corrected chi connectivity index (χ1v) is 19.5. The number of aromatic nitrogens is 7. The number of nitriles is 2. The Hall–Kier alpha value is -6.80. The van der Waals surface area contributed by atoms with E-state index in [0.717, 1.165) is 88.5 Å². The first-order chi connectivity index (χ1) is 28.6. The zero-order chi connectivity index (χ0) is 40.1. The number of hydrogen-bond acceptors (Lipinski definition) is 16. The molecule has 0 saturated carbocycles.